The zero-order chi connectivity index (χ0) is 19.3. The number of piperazine rings is 1. The predicted molar refractivity (Wildman–Crippen MR) is 109 cm³/mol. The third-order valence-corrected chi connectivity index (χ3v) is 4.96. The van der Waals surface area contributed by atoms with E-state index in [1.165, 1.54) is 0 Å². The highest BCUT2D eigenvalue weighted by atomic mass is 16.5. The van der Waals surface area contributed by atoms with Crippen molar-refractivity contribution < 1.29 is 9.53 Å². The highest BCUT2D eigenvalue weighted by molar-refractivity contribution is 5.84. The van der Waals surface area contributed by atoms with Crippen molar-refractivity contribution >= 4 is 22.8 Å². The van der Waals surface area contributed by atoms with E-state index >= 15 is 0 Å². The molecule has 2 aromatic carbocycles. The molecular formula is C21H23N5O2. The van der Waals surface area contributed by atoms with Gasteiger partial charge in [0.05, 0.1) is 7.11 Å². The Labute approximate surface area is 164 Å². The van der Waals surface area contributed by atoms with Crippen LogP contribution in [0.4, 0.5) is 10.7 Å². The molecule has 1 fully saturated rings. The number of nitrogens with zero attached hydrogens (tertiary/aromatic N) is 4. The van der Waals surface area contributed by atoms with Gasteiger partial charge in [0.25, 0.3) is 0 Å². The van der Waals surface area contributed by atoms with E-state index in [0.29, 0.717) is 19.6 Å². The molecule has 1 saturated heterocycles. The maximum atomic E-state index is 12.5. The van der Waals surface area contributed by atoms with Crippen molar-refractivity contribution in [1.29, 1.82) is 0 Å². The highest BCUT2D eigenvalue weighted by Gasteiger charge is 2.22. The Balaban J connectivity index is 1.31. The topological polar surface area (TPSA) is 70.6 Å². The Hall–Kier alpha value is -3.35. The monoisotopic (exact) mass is 377 g/mol. The van der Waals surface area contributed by atoms with Gasteiger partial charge in [0.15, 0.2) is 0 Å². The second kappa shape index (κ2) is 8.12. The summed E-state index contributed by atoms with van der Waals surface area (Å²) in [4.78, 5) is 25.0. The fourth-order valence-corrected chi connectivity index (χ4v) is 3.36. The average molecular weight is 377 g/mol. The first-order valence-electron chi connectivity index (χ1n) is 9.34. The summed E-state index contributed by atoms with van der Waals surface area (Å²) in [6, 6.07) is 13.9. The van der Waals surface area contributed by atoms with Gasteiger partial charge in [0, 0.05) is 45.1 Å². The van der Waals surface area contributed by atoms with Crippen LogP contribution < -0.4 is 15.0 Å². The maximum Gasteiger partial charge on any atom is 0.317 e. The van der Waals surface area contributed by atoms with Crippen molar-refractivity contribution in [1.82, 2.24) is 20.2 Å². The smallest absolute Gasteiger partial charge is 0.317 e. The van der Waals surface area contributed by atoms with Gasteiger partial charge in [-0.1, -0.05) is 18.2 Å². The van der Waals surface area contributed by atoms with Crippen LogP contribution in [-0.4, -0.2) is 54.2 Å². The Bertz CT molecular complexity index is 955. The minimum atomic E-state index is -0.0385. The Morgan fingerprint density at radius 3 is 2.50 bits per heavy atom. The fourth-order valence-electron chi connectivity index (χ4n) is 3.36. The first-order valence-corrected chi connectivity index (χ1v) is 9.34. The van der Waals surface area contributed by atoms with E-state index in [2.05, 4.69) is 32.3 Å². The lowest BCUT2D eigenvalue weighted by atomic mass is 10.1. The zero-order valence-corrected chi connectivity index (χ0v) is 15.8. The van der Waals surface area contributed by atoms with Crippen molar-refractivity contribution in [3.05, 3.63) is 60.4 Å². The Morgan fingerprint density at radius 2 is 1.75 bits per heavy atom. The number of rotatable bonds is 4. The molecule has 7 heteroatoms. The number of hydrogen-bond donors (Lipinski definition) is 1. The van der Waals surface area contributed by atoms with Crippen molar-refractivity contribution in [3.63, 3.8) is 0 Å². The van der Waals surface area contributed by atoms with Gasteiger partial charge in [0.1, 0.15) is 5.75 Å². The van der Waals surface area contributed by atoms with Crippen LogP contribution in [0.2, 0.25) is 0 Å². The average Bonchev–Trinajstić information content (AvgIpc) is 2.77. The molecule has 1 aliphatic heterocycles. The van der Waals surface area contributed by atoms with Crippen LogP contribution in [-0.2, 0) is 6.54 Å². The first kappa shape index (κ1) is 18.0. The van der Waals surface area contributed by atoms with Gasteiger partial charge in [-0.25, -0.2) is 14.8 Å². The standard InChI is InChI=1S/C21H23N5O2/c1-28-19-6-5-17-13-16(3-4-18(17)14-19)15-24-21(27)26-11-9-25(10-12-26)20-22-7-2-8-23-20/h2-8,13-14H,9-12,15H2,1H3,(H,24,27). The van der Waals surface area contributed by atoms with Gasteiger partial charge >= 0.3 is 6.03 Å². The summed E-state index contributed by atoms with van der Waals surface area (Å²) in [5.74, 6) is 1.56. The molecule has 28 heavy (non-hydrogen) atoms. The third-order valence-electron chi connectivity index (χ3n) is 4.96. The molecule has 0 radical (unpaired) electrons. The molecule has 7 nitrogen and oxygen atoms in total. The number of urea groups is 1. The number of carbonyl (C=O) groups excluding carboxylic acids is 1. The summed E-state index contributed by atoms with van der Waals surface area (Å²) in [6.45, 7) is 3.27. The molecular weight excluding hydrogens is 354 g/mol. The number of benzene rings is 2. The van der Waals surface area contributed by atoms with Crippen LogP contribution in [0.3, 0.4) is 0 Å². The normalized spacial score (nSPS) is 14.2. The van der Waals surface area contributed by atoms with Gasteiger partial charge in [-0.2, -0.15) is 0 Å². The van der Waals surface area contributed by atoms with E-state index < -0.39 is 0 Å². The third kappa shape index (κ3) is 3.98. The van der Waals surface area contributed by atoms with E-state index in [0.717, 1.165) is 41.1 Å². The number of aromatic nitrogens is 2. The number of hydrogen-bond acceptors (Lipinski definition) is 5. The summed E-state index contributed by atoms with van der Waals surface area (Å²) >= 11 is 0. The first-order chi connectivity index (χ1) is 13.7. The van der Waals surface area contributed by atoms with Crippen molar-refractivity contribution in [3.8, 4) is 5.75 Å². The van der Waals surface area contributed by atoms with Gasteiger partial charge in [-0.15, -0.1) is 0 Å². The van der Waals surface area contributed by atoms with Crippen LogP contribution in [0.25, 0.3) is 10.8 Å². The van der Waals surface area contributed by atoms with Gasteiger partial charge in [0.2, 0.25) is 5.95 Å². The number of fused-ring (bicyclic) bond motifs is 1. The maximum absolute atomic E-state index is 12.5. The number of amides is 2. The molecule has 144 valence electrons. The van der Waals surface area contributed by atoms with E-state index in [-0.39, 0.29) is 6.03 Å². The van der Waals surface area contributed by atoms with E-state index in [1.54, 1.807) is 25.6 Å². The summed E-state index contributed by atoms with van der Waals surface area (Å²) in [5.41, 5.74) is 1.07. The van der Waals surface area contributed by atoms with Crippen LogP contribution >= 0.6 is 0 Å². The predicted octanol–water partition coefficient (Wildman–Crippen LogP) is 2.67. The molecule has 1 N–H and O–H groups in total. The van der Waals surface area contributed by atoms with Crippen molar-refractivity contribution in [2.24, 2.45) is 0 Å². The van der Waals surface area contributed by atoms with Gasteiger partial charge < -0.3 is 19.9 Å². The molecule has 2 amide bonds. The lowest BCUT2D eigenvalue weighted by Crippen LogP contribution is -2.52. The van der Waals surface area contributed by atoms with E-state index in [1.807, 2.05) is 29.2 Å². The molecule has 0 unspecified atom stereocenters. The number of nitrogens with one attached hydrogen (secondary N) is 1. The quantitative estimate of drug-likeness (QED) is 0.757. The Kier molecular flexibility index (Phi) is 5.23. The van der Waals surface area contributed by atoms with Gasteiger partial charge in [-0.3, -0.25) is 0 Å². The Morgan fingerprint density at radius 1 is 1.04 bits per heavy atom. The molecule has 0 aliphatic carbocycles. The molecule has 4 rings (SSSR count). The molecule has 0 bridgehead atoms. The summed E-state index contributed by atoms with van der Waals surface area (Å²) in [6.07, 6.45) is 3.47. The highest BCUT2D eigenvalue weighted by Crippen LogP contribution is 2.22. The largest absolute Gasteiger partial charge is 0.497 e. The van der Waals surface area contributed by atoms with Crippen LogP contribution in [0.1, 0.15) is 5.56 Å². The lowest BCUT2D eigenvalue weighted by molar-refractivity contribution is 0.193. The zero-order valence-electron chi connectivity index (χ0n) is 15.8. The molecule has 3 aromatic rings. The second-order valence-corrected chi connectivity index (χ2v) is 6.73. The molecule has 0 spiro atoms. The minimum absolute atomic E-state index is 0.0385. The van der Waals surface area contributed by atoms with Gasteiger partial charge in [-0.05, 0) is 40.6 Å². The minimum Gasteiger partial charge on any atom is -0.497 e. The summed E-state index contributed by atoms with van der Waals surface area (Å²) in [7, 11) is 1.66. The van der Waals surface area contributed by atoms with E-state index in [4.69, 9.17) is 4.74 Å². The molecule has 1 aliphatic rings. The van der Waals surface area contributed by atoms with Crippen LogP contribution in [0, 0.1) is 0 Å². The second-order valence-electron chi connectivity index (χ2n) is 6.73. The molecule has 2 heterocycles. The van der Waals surface area contributed by atoms with Crippen LogP contribution in [0.15, 0.2) is 54.9 Å². The number of ether oxygens (including phenoxy) is 1. The lowest BCUT2D eigenvalue weighted by Gasteiger charge is -2.34. The summed E-state index contributed by atoms with van der Waals surface area (Å²) in [5, 5.41) is 5.27. The number of anilines is 1. The SMILES string of the molecule is COc1ccc2cc(CNC(=O)N3CCN(c4ncccn4)CC3)ccc2c1. The van der Waals surface area contributed by atoms with Crippen molar-refractivity contribution in [2.45, 2.75) is 6.54 Å². The van der Waals surface area contributed by atoms with Crippen molar-refractivity contribution in [2.75, 3.05) is 38.2 Å². The molecule has 1 aromatic heterocycles. The number of carbonyl (C=O) groups is 1. The number of methoxy groups -OCH3 is 1. The fraction of sp³-hybridized carbons (Fsp3) is 0.286. The van der Waals surface area contributed by atoms with Crippen LogP contribution in [0.5, 0.6) is 5.75 Å². The molecule has 0 saturated carbocycles. The summed E-state index contributed by atoms with van der Waals surface area (Å²) < 4.78 is 5.26. The van der Waals surface area contributed by atoms with E-state index in [9.17, 15) is 4.79 Å². The molecule has 0 atom stereocenters.